The lowest BCUT2D eigenvalue weighted by Gasteiger charge is -2.06. The van der Waals surface area contributed by atoms with Gasteiger partial charge in [0.15, 0.2) is 22.5 Å². The van der Waals surface area contributed by atoms with E-state index in [4.69, 9.17) is 16.3 Å². The topological polar surface area (TPSA) is 102 Å². The third-order valence-corrected chi connectivity index (χ3v) is 5.82. The number of aromatic nitrogens is 3. The summed E-state index contributed by atoms with van der Waals surface area (Å²) in [6, 6.07) is 10.5. The number of ether oxygens (including phenoxy) is 1. The van der Waals surface area contributed by atoms with Crippen LogP contribution in [-0.2, 0) is 11.8 Å². The van der Waals surface area contributed by atoms with Crippen LogP contribution in [0.15, 0.2) is 51.1 Å². The van der Waals surface area contributed by atoms with Gasteiger partial charge >= 0.3 is 0 Å². The number of phenolic OH excluding ortho intramolecular Hbond substituents is 1. The van der Waals surface area contributed by atoms with E-state index in [1.807, 2.05) is 23.7 Å². The van der Waals surface area contributed by atoms with Crippen LogP contribution in [0.1, 0.15) is 5.56 Å². The van der Waals surface area contributed by atoms with Crippen molar-refractivity contribution in [2.45, 2.75) is 5.16 Å². The van der Waals surface area contributed by atoms with E-state index in [1.54, 1.807) is 24.3 Å². The molecule has 3 aromatic rings. The maximum Gasteiger partial charge on any atom is 0.250 e. The summed E-state index contributed by atoms with van der Waals surface area (Å²) in [5, 5.41) is 23.3. The molecule has 11 heteroatoms. The van der Waals surface area contributed by atoms with Crippen LogP contribution >= 0.6 is 39.3 Å². The molecular weight excluding hydrogens is 494 g/mol. The monoisotopic (exact) mass is 509 g/mol. The van der Waals surface area contributed by atoms with E-state index in [1.165, 1.54) is 25.1 Å². The first-order chi connectivity index (χ1) is 14.4. The highest BCUT2D eigenvalue weighted by molar-refractivity contribution is 9.10. The first kappa shape index (κ1) is 22.1. The van der Waals surface area contributed by atoms with E-state index in [0.717, 1.165) is 5.56 Å². The number of rotatable bonds is 7. The Bertz CT molecular complexity index is 1090. The largest absolute Gasteiger partial charge is 0.503 e. The zero-order chi connectivity index (χ0) is 21.7. The molecule has 0 aliphatic carbocycles. The van der Waals surface area contributed by atoms with Crippen molar-refractivity contribution in [3.63, 3.8) is 0 Å². The Morgan fingerprint density at radius 2 is 2.10 bits per heavy atom. The standard InChI is InChI=1S/C19H17BrClN5O3S/c1-26-18(12-3-5-13(21)6-4-12)24-25-19(26)30-10-16(27)23-22-9-11-7-14(20)17(28)15(8-11)29-2/h3-9,28H,10H2,1-2H3,(H,23,27)/b22-9+. The van der Waals surface area contributed by atoms with Crippen molar-refractivity contribution in [1.82, 2.24) is 20.2 Å². The number of carbonyl (C=O) groups is 1. The van der Waals surface area contributed by atoms with Gasteiger partial charge in [-0.15, -0.1) is 10.2 Å². The van der Waals surface area contributed by atoms with E-state index >= 15 is 0 Å². The van der Waals surface area contributed by atoms with Crippen molar-refractivity contribution in [2.24, 2.45) is 12.1 Å². The molecule has 0 unspecified atom stereocenters. The van der Waals surface area contributed by atoms with Gasteiger partial charge in [-0.2, -0.15) is 5.10 Å². The van der Waals surface area contributed by atoms with E-state index < -0.39 is 0 Å². The summed E-state index contributed by atoms with van der Waals surface area (Å²) < 4.78 is 7.35. The van der Waals surface area contributed by atoms with Crippen LogP contribution in [0.3, 0.4) is 0 Å². The van der Waals surface area contributed by atoms with Crippen molar-refractivity contribution >= 4 is 51.4 Å². The van der Waals surface area contributed by atoms with Crippen molar-refractivity contribution in [2.75, 3.05) is 12.9 Å². The molecule has 0 spiro atoms. The van der Waals surface area contributed by atoms with E-state index in [9.17, 15) is 9.90 Å². The summed E-state index contributed by atoms with van der Waals surface area (Å²) in [6.45, 7) is 0. The minimum Gasteiger partial charge on any atom is -0.503 e. The second-order valence-electron chi connectivity index (χ2n) is 6.01. The molecule has 0 saturated heterocycles. The lowest BCUT2D eigenvalue weighted by atomic mass is 10.2. The molecule has 0 bridgehead atoms. The van der Waals surface area contributed by atoms with Crippen LogP contribution in [0.25, 0.3) is 11.4 Å². The third-order valence-electron chi connectivity index (χ3n) is 3.94. The first-order valence-corrected chi connectivity index (χ1v) is 10.7. The molecule has 2 N–H and O–H groups in total. The molecule has 0 aliphatic rings. The molecule has 3 rings (SSSR count). The van der Waals surface area contributed by atoms with E-state index in [2.05, 4.69) is 36.7 Å². The molecule has 1 amide bonds. The van der Waals surface area contributed by atoms with Crippen LogP contribution in [0, 0.1) is 0 Å². The lowest BCUT2D eigenvalue weighted by molar-refractivity contribution is -0.118. The van der Waals surface area contributed by atoms with Crippen LogP contribution in [-0.4, -0.2) is 44.9 Å². The minimum atomic E-state index is -0.294. The van der Waals surface area contributed by atoms with Crippen LogP contribution in [0.4, 0.5) is 0 Å². The van der Waals surface area contributed by atoms with Crippen molar-refractivity contribution in [3.8, 4) is 22.9 Å². The average molecular weight is 511 g/mol. The number of benzene rings is 2. The van der Waals surface area contributed by atoms with Crippen molar-refractivity contribution in [3.05, 3.63) is 51.5 Å². The number of hydrogen-bond acceptors (Lipinski definition) is 7. The average Bonchev–Trinajstić information content (AvgIpc) is 3.10. The summed E-state index contributed by atoms with van der Waals surface area (Å²) in [5.41, 5.74) is 3.98. The Morgan fingerprint density at radius 1 is 1.37 bits per heavy atom. The minimum absolute atomic E-state index is 0.00303. The zero-order valence-electron chi connectivity index (χ0n) is 16.0. The fraction of sp³-hybridized carbons (Fsp3) is 0.158. The smallest absolute Gasteiger partial charge is 0.250 e. The highest BCUT2D eigenvalue weighted by Gasteiger charge is 2.13. The quantitative estimate of drug-likeness (QED) is 0.284. The number of methoxy groups -OCH3 is 1. The summed E-state index contributed by atoms with van der Waals surface area (Å²) in [6.07, 6.45) is 1.45. The number of thioether (sulfide) groups is 1. The fourth-order valence-electron chi connectivity index (χ4n) is 2.46. The van der Waals surface area contributed by atoms with Gasteiger partial charge in [0, 0.05) is 17.6 Å². The first-order valence-electron chi connectivity index (χ1n) is 8.55. The number of nitrogens with zero attached hydrogens (tertiary/aromatic N) is 4. The maximum absolute atomic E-state index is 12.1. The van der Waals surface area contributed by atoms with Gasteiger partial charge in [-0.25, -0.2) is 5.43 Å². The van der Waals surface area contributed by atoms with Gasteiger partial charge in [-0.05, 0) is 57.9 Å². The molecule has 0 aliphatic heterocycles. The molecular formula is C19H17BrClN5O3S. The second kappa shape index (κ2) is 9.96. The SMILES string of the molecule is COc1cc(/C=N/NC(=O)CSc2nnc(-c3ccc(Cl)cc3)n2C)cc(Br)c1O. The van der Waals surface area contributed by atoms with Gasteiger partial charge in [-0.1, -0.05) is 23.4 Å². The molecule has 1 heterocycles. The molecule has 8 nitrogen and oxygen atoms in total. The summed E-state index contributed by atoms with van der Waals surface area (Å²) >= 11 is 10.4. The molecule has 156 valence electrons. The van der Waals surface area contributed by atoms with Gasteiger partial charge in [0.05, 0.1) is 23.5 Å². The Labute approximate surface area is 190 Å². The zero-order valence-corrected chi connectivity index (χ0v) is 19.1. The number of hydrazone groups is 1. The second-order valence-corrected chi connectivity index (χ2v) is 8.24. The normalized spacial score (nSPS) is 11.1. The van der Waals surface area contributed by atoms with Gasteiger partial charge in [0.25, 0.3) is 5.91 Å². The third kappa shape index (κ3) is 5.32. The summed E-state index contributed by atoms with van der Waals surface area (Å²) in [7, 11) is 3.28. The number of hydrogen-bond donors (Lipinski definition) is 2. The Hall–Kier alpha value is -2.56. The predicted molar refractivity (Wildman–Crippen MR) is 120 cm³/mol. The highest BCUT2D eigenvalue weighted by atomic mass is 79.9. The van der Waals surface area contributed by atoms with Gasteiger partial charge in [0.2, 0.25) is 0 Å². The number of nitrogens with one attached hydrogen (secondary N) is 1. The van der Waals surface area contributed by atoms with Crippen LogP contribution in [0.5, 0.6) is 11.5 Å². The van der Waals surface area contributed by atoms with Crippen LogP contribution in [0.2, 0.25) is 5.02 Å². The van der Waals surface area contributed by atoms with Crippen molar-refractivity contribution in [1.29, 1.82) is 0 Å². The molecule has 0 fully saturated rings. The van der Waals surface area contributed by atoms with Crippen molar-refractivity contribution < 1.29 is 14.6 Å². The molecule has 1 aromatic heterocycles. The van der Waals surface area contributed by atoms with E-state index in [0.29, 0.717) is 31.8 Å². The summed E-state index contributed by atoms with van der Waals surface area (Å²) in [4.78, 5) is 12.1. The van der Waals surface area contributed by atoms with E-state index in [-0.39, 0.29) is 17.4 Å². The Balaban J connectivity index is 1.57. The molecule has 0 atom stereocenters. The van der Waals surface area contributed by atoms with Gasteiger partial charge < -0.3 is 14.4 Å². The number of aromatic hydroxyl groups is 1. The molecule has 30 heavy (non-hydrogen) atoms. The fourth-order valence-corrected chi connectivity index (χ4v) is 3.75. The maximum atomic E-state index is 12.1. The summed E-state index contributed by atoms with van der Waals surface area (Å²) in [5.74, 6) is 0.798. The van der Waals surface area contributed by atoms with Crippen LogP contribution < -0.4 is 10.2 Å². The Morgan fingerprint density at radius 3 is 2.80 bits per heavy atom. The van der Waals surface area contributed by atoms with Gasteiger partial charge in [-0.3, -0.25) is 4.79 Å². The number of amides is 1. The predicted octanol–water partition coefficient (Wildman–Crippen LogP) is 3.85. The molecule has 0 saturated carbocycles. The molecule has 2 aromatic carbocycles. The number of carbonyl (C=O) groups excluding carboxylic acids is 1. The lowest BCUT2D eigenvalue weighted by Crippen LogP contribution is -2.19. The Kier molecular flexibility index (Phi) is 7.35. The van der Waals surface area contributed by atoms with Gasteiger partial charge in [0.1, 0.15) is 0 Å². The number of phenols is 1. The molecule has 0 radical (unpaired) electrons. The number of halogens is 2. The highest BCUT2D eigenvalue weighted by Crippen LogP contribution is 2.34.